The minimum atomic E-state index is -0.254. The van der Waals surface area contributed by atoms with Gasteiger partial charge in [0, 0.05) is 17.2 Å². The van der Waals surface area contributed by atoms with E-state index in [0.717, 1.165) is 40.3 Å². The highest BCUT2D eigenvalue weighted by Gasteiger charge is 2.30. The highest BCUT2D eigenvalue weighted by atomic mass is 32.2. The van der Waals surface area contributed by atoms with Crippen LogP contribution >= 0.6 is 11.8 Å². The third-order valence-corrected chi connectivity index (χ3v) is 6.68. The average Bonchev–Trinajstić information content (AvgIpc) is 3.23. The topological polar surface area (TPSA) is 54.6 Å². The maximum absolute atomic E-state index is 12.0. The Morgan fingerprint density at radius 3 is 2.84 bits per heavy atom. The van der Waals surface area contributed by atoms with Gasteiger partial charge in [0.25, 0.3) is 0 Å². The van der Waals surface area contributed by atoms with Crippen LogP contribution in [0.3, 0.4) is 0 Å². The number of aryl methyl sites for hydroxylation is 2. The van der Waals surface area contributed by atoms with Gasteiger partial charge in [-0.05, 0) is 60.9 Å². The SMILES string of the molecule is O=c1cc(CSC2=N[C@H]3CCCC[C@@H]3N2)c2cc3c(cc2o1)CCC3. The third kappa shape index (κ3) is 2.88. The van der Waals surface area contributed by atoms with Crippen molar-refractivity contribution >= 4 is 27.9 Å². The Morgan fingerprint density at radius 2 is 1.96 bits per heavy atom. The molecule has 0 radical (unpaired) electrons. The molecule has 2 atom stereocenters. The van der Waals surface area contributed by atoms with E-state index >= 15 is 0 Å². The van der Waals surface area contributed by atoms with Gasteiger partial charge < -0.3 is 9.73 Å². The zero-order valence-corrected chi connectivity index (χ0v) is 15.0. The number of fused-ring (bicyclic) bond motifs is 3. The van der Waals surface area contributed by atoms with Crippen LogP contribution in [0.15, 0.2) is 32.4 Å². The number of rotatable bonds is 2. The molecule has 0 unspecified atom stereocenters. The standard InChI is InChI=1S/C20H22N2O2S/c23-19-10-14(11-25-20-21-16-6-1-2-7-17(16)22-20)15-8-12-4-3-5-13(12)9-18(15)24-19/h8-10,16-17H,1-7,11H2,(H,21,22)/t16-,17-/m0/s1. The summed E-state index contributed by atoms with van der Waals surface area (Å²) in [5, 5.41) is 5.71. The lowest BCUT2D eigenvalue weighted by Gasteiger charge is -2.23. The Morgan fingerprint density at radius 1 is 1.12 bits per heavy atom. The normalized spacial score (nSPS) is 24.7. The number of amidine groups is 1. The molecule has 25 heavy (non-hydrogen) atoms. The van der Waals surface area contributed by atoms with Gasteiger partial charge in [-0.3, -0.25) is 4.99 Å². The number of nitrogens with one attached hydrogen (secondary N) is 1. The van der Waals surface area contributed by atoms with Gasteiger partial charge in [0.2, 0.25) is 0 Å². The summed E-state index contributed by atoms with van der Waals surface area (Å²) in [6, 6.07) is 6.95. The van der Waals surface area contributed by atoms with E-state index in [9.17, 15) is 4.79 Å². The molecule has 1 N–H and O–H groups in total. The summed E-state index contributed by atoms with van der Waals surface area (Å²) in [5.74, 6) is 0.756. The summed E-state index contributed by atoms with van der Waals surface area (Å²) in [7, 11) is 0. The number of hydrogen-bond donors (Lipinski definition) is 1. The summed E-state index contributed by atoms with van der Waals surface area (Å²) >= 11 is 1.72. The van der Waals surface area contributed by atoms with Crippen molar-refractivity contribution in [3.63, 3.8) is 0 Å². The van der Waals surface area contributed by atoms with Crippen molar-refractivity contribution in [2.75, 3.05) is 0 Å². The lowest BCUT2D eigenvalue weighted by atomic mass is 9.92. The number of hydrogen-bond acceptors (Lipinski definition) is 5. The minimum Gasteiger partial charge on any atom is -0.423 e. The first kappa shape index (κ1) is 15.5. The molecule has 2 aliphatic carbocycles. The Hall–Kier alpha value is -1.75. The van der Waals surface area contributed by atoms with E-state index in [-0.39, 0.29) is 5.63 Å². The second kappa shape index (κ2) is 6.20. The van der Waals surface area contributed by atoms with E-state index in [0.29, 0.717) is 12.1 Å². The molecule has 0 amide bonds. The maximum atomic E-state index is 12.0. The molecular weight excluding hydrogens is 332 g/mol. The summed E-state index contributed by atoms with van der Waals surface area (Å²) in [6.07, 6.45) is 8.44. The molecule has 1 fully saturated rings. The van der Waals surface area contributed by atoms with Crippen molar-refractivity contribution in [1.29, 1.82) is 0 Å². The van der Waals surface area contributed by atoms with Crippen LogP contribution in [0.25, 0.3) is 11.0 Å². The van der Waals surface area contributed by atoms with Gasteiger partial charge in [-0.15, -0.1) is 0 Å². The van der Waals surface area contributed by atoms with Gasteiger partial charge >= 0.3 is 5.63 Å². The van der Waals surface area contributed by atoms with Gasteiger partial charge in [-0.1, -0.05) is 24.6 Å². The second-order valence-corrected chi connectivity index (χ2v) is 8.35. The molecule has 2 heterocycles. The van der Waals surface area contributed by atoms with Crippen LogP contribution in [0, 0.1) is 0 Å². The molecule has 0 bridgehead atoms. The van der Waals surface area contributed by atoms with Crippen molar-refractivity contribution in [2.24, 2.45) is 4.99 Å². The number of aliphatic imine (C=N–C) groups is 1. The Labute approximate surface area is 151 Å². The van der Waals surface area contributed by atoms with Crippen LogP contribution in [0.5, 0.6) is 0 Å². The lowest BCUT2D eigenvalue weighted by molar-refractivity contribution is 0.385. The Kier molecular flexibility index (Phi) is 3.85. The van der Waals surface area contributed by atoms with Crippen LogP contribution in [0.4, 0.5) is 0 Å². The first-order chi connectivity index (χ1) is 12.3. The molecule has 1 aliphatic heterocycles. The fourth-order valence-electron chi connectivity index (χ4n) is 4.42. The summed E-state index contributed by atoms with van der Waals surface area (Å²) in [5.41, 5.74) is 4.29. The van der Waals surface area contributed by atoms with E-state index in [2.05, 4.69) is 17.4 Å². The predicted octanol–water partition coefficient (Wildman–Crippen LogP) is 3.79. The molecular formula is C20H22N2O2S. The van der Waals surface area contributed by atoms with Crippen molar-refractivity contribution in [3.05, 3.63) is 45.3 Å². The quantitative estimate of drug-likeness (QED) is 0.834. The van der Waals surface area contributed by atoms with Gasteiger partial charge in [0.15, 0.2) is 5.17 Å². The van der Waals surface area contributed by atoms with Gasteiger partial charge in [-0.25, -0.2) is 4.79 Å². The van der Waals surface area contributed by atoms with Gasteiger partial charge in [0.1, 0.15) is 5.58 Å². The largest absolute Gasteiger partial charge is 0.423 e. The number of thioether (sulfide) groups is 1. The first-order valence-corrected chi connectivity index (χ1v) is 10.3. The monoisotopic (exact) mass is 354 g/mol. The minimum absolute atomic E-state index is 0.254. The van der Waals surface area contributed by atoms with E-state index in [1.807, 2.05) is 0 Å². The molecule has 130 valence electrons. The predicted molar refractivity (Wildman–Crippen MR) is 102 cm³/mol. The first-order valence-electron chi connectivity index (χ1n) is 9.32. The fraction of sp³-hybridized carbons (Fsp3) is 0.500. The zero-order chi connectivity index (χ0) is 16.8. The van der Waals surface area contributed by atoms with Gasteiger partial charge in [-0.2, -0.15) is 0 Å². The van der Waals surface area contributed by atoms with Crippen LogP contribution in [0.2, 0.25) is 0 Å². The lowest BCUT2D eigenvalue weighted by Crippen LogP contribution is -2.36. The van der Waals surface area contributed by atoms with E-state index < -0.39 is 0 Å². The van der Waals surface area contributed by atoms with Crippen LogP contribution < -0.4 is 10.9 Å². The molecule has 1 aromatic carbocycles. The summed E-state index contributed by atoms with van der Waals surface area (Å²) in [6.45, 7) is 0. The maximum Gasteiger partial charge on any atom is 0.336 e. The number of benzene rings is 1. The molecule has 4 nitrogen and oxygen atoms in total. The molecule has 0 spiro atoms. The van der Waals surface area contributed by atoms with Crippen LogP contribution in [-0.2, 0) is 18.6 Å². The van der Waals surface area contributed by atoms with Crippen molar-refractivity contribution in [2.45, 2.75) is 62.8 Å². The van der Waals surface area contributed by atoms with Crippen LogP contribution in [-0.4, -0.2) is 17.3 Å². The molecule has 0 saturated heterocycles. The Balaban J connectivity index is 1.42. The molecule has 2 aromatic rings. The van der Waals surface area contributed by atoms with E-state index in [1.54, 1.807) is 17.8 Å². The highest BCUT2D eigenvalue weighted by Crippen LogP contribution is 2.31. The smallest absolute Gasteiger partial charge is 0.336 e. The van der Waals surface area contributed by atoms with Gasteiger partial charge in [0.05, 0.1) is 12.1 Å². The molecule has 5 heteroatoms. The van der Waals surface area contributed by atoms with E-state index in [4.69, 9.17) is 9.41 Å². The molecule has 3 aliphatic rings. The highest BCUT2D eigenvalue weighted by molar-refractivity contribution is 8.13. The molecule has 1 saturated carbocycles. The fourth-order valence-corrected chi connectivity index (χ4v) is 5.40. The third-order valence-electron chi connectivity index (χ3n) is 5.73. The zero-order valence-electron chi connectivity index (χ0n) is 14.2. The van der Waals surface area contributed by atoms with Crippen molar-refractivity contribution in [3.8, 4) is 0 Å². The molecule has 1 aromatic heterocycles. The molecule has 5 rings (SSSR count). The number of nitrogens with zero attached hydrogens (tertiary/aromatic N) is 1. The summed E-state index contributed by atoms with van der Waals surface area (Å²) < 4.78 is 5.47. The van der Waals surface area contributed by atoms with Crippen LogP contribution in [0.1, 0.15) is 48.8 Å². The average molecular weight is 354 g/mol. The van der Waals surface area contributed by atoms with E-state index in [1.165, 1.54) is 43.2 Å². The summed E-state index contributed by atoms with van der Waals surface area (Å²) in [4.78, 5) is 16.8. The van der Waals surface area contributed by atoms with Crippen molar-refractivity contribution in [1.82, 2.24) is 5.32 Å². The van der Waals surface area contributed by atoms with Crippen molar-refractivity contribution < 1.29 is 4.42 Å². The second-order valence-electron chi connectivity index (χ2n) is 7.39. The Bertz CT molecular complexity index is 918.